The zero-order valence-electron chi connectivity index (χ0n) is 8.79. The molecule has 0 N–H and O–H groups in total. The highest BCUT2D eigenvalue weighted by Crippen LogP contribution is 2.13. The molecule has 2 nitrogen and oxygen atoms in total. The van der Waals surface area contributed by atoms with Crippen LogP contribution in [0.2, 0.25) is 0 Å². The molecule has 0 saturated heterocycles. The van der Waals surface area contributed by atoms with E-state index in [0.717, 1.165) is 37.1 Å². The second-order valence-corrected chi connectivity index (χ2v) is 4.65. The van der Waals surface area contributed by atoms with Gasteiger partial charge in [-0.25, -0.2) is 4.98 Å². The molecule has 0 aliphatic carbocycles. The number of alkyl halides is 1. The fourth-order valence-corrected chi connectivity index (χ4v) is 2.61. The topological polar surface area (TPSA) is 16.1 Å². The quantitative estimate of drug-likeness (QED) is 0.743. The summed E-state index contributed by atoms with van der Waals surface area (Å²) in [7, 11) is 0. The zero-order chi connectivity index (χ0) is 10.4. The van der Waals surface area contributed by atoms with Crippen molar-refractivity contribution in [1.29, 1.82) is 0 Å². The van der Waals surface area contributed by atoms with E-state index >= 15 is 0 Å². The number of hydrogen-bond acceptors (Lipinski definition) is 3. The Morgan fingerprint density at radius 1 is 1.43 bits per heavy atom. The molecular weight excluding hydrogens is 260 g/mol. The monoisotopic (exact) mass is 276 g/mol. The lowest BCUT2D eigenvalue weighted by Crippen LogP contribution is -2.25. The van der Waals surface area contributed by atoms with Gasteiger partial charge in [0.25, 0.3) is 0 Å². The summed E-state index contributed by atoms with van der Waals surface area (Å²) in [6, 6.07) is 0. The van der Waals surface area contributed by atoms with Gasteiger partial charge in [0, 0.05) is 23.7 Å². The van der Waals surface area contributed by atoms with E-state index in [1.165, 1.54) is 5.01 Å². The van der Waals surface area contributed by atoms with Crippen molar-refractivity contribution in [3.8, 4) is 0 Å². The lowest BCUT2D eigenvalue weighted by atomic mass is 10.4. The molecule has 80 valence electrons. The van der Waals surface area contributed by atoms with E-state index in [4.69, 9.17) is 0 Å². The van der Waals surface area contributed by atoms with E-state index in [1.54, 1.807) is 11.3 Å². The van der Waals surface area contributed by atoms with E-state index in [0.29, 0.717) is 0 Å². The lowest BCUT2D eigenvalue weighted by Gasteiger charge is -2.16. The molecule has 0 amide bonds. The van der Waals surface area contributed by atoms with Crippen LogP contribution in [0, 0.1) is 0 Å². The van der Waals surface area contributed by atoms with E-state index < -0.39 is 0 Å². The van der Waals surface area contributed by atoms with Gasteiger partial charge < -0.3 is 4.90 Å². The molecule has 0 aliphatic heterocycles. The second-order valence-electron chi connectivity index (χ2n) is 3.14. The summed E-state index contributed by atoms with van der Waals surface area (Å²) in [6.07, 6.45) is 1.08. The Bertz CT molecular complexity index is 258. The predicted octanol–water partition coefficient (Wildman–Crippen LogP) is 2.92. The average Bonchev–Trinajstić information content (AvgIpc) is 2.67. The standard InChI is InChI=1S/C10H17BrN2S/c1-3-13(4-2)6-5-10-12-9(7-11)8-14-10/h8H,3-7H2,1-2H3. The summed E-state index contributed by atoms with van der Waals surface area (Å²) in [5.74, 6) is 0. The maximum Gasteiger partial charge on any atom is 0.0941 e. The highest BCUT2D eigenvalue weighted by Gasteiger charge is 2.03. The van der Waals surface area contributed by atoms with Gasteiger partial charge in [0.05, 0.1) is 10.7 Å². The van der Waals surface area contributed by atoms with Crippen molar-refractivity contribution >= 4 is 27.3 Å². The molecule has 0 bridgehead atoms. The third-order valence-electron chi connectivity index (χ3n) is 2.27. The van der Waals surface area contributed by atoms with Crippen LogP contribution in [-0.2, 0) is 11.8 Å². The maximum absolute atomic E-state index is 4.51. The van der Waals surface area contributed by atoms with Gasteiger partial charge in [-0.15, -0.1) is 11.3 Å². The molecule has 0 saturated carbocycles. The molecule has 0 spiro atoms. The highest BCUT2D eigenvalue weighted by molar-refractivity contribution is 9.08. The van der Waals surface area contributed by atoms with Crippen molar-refractivity contribution in [2.45, 2.75) is 25.6 Å². The summed E-state index contributed by atoms with van der Waals surface area (Å²) < 4.78 is 0. The fourth-order valence-electron chi connectivity index (χ4n) is 1.32. The third-order valence-corrected chi connectivity index (χ3v) is 3.80. The molecular formula is C10H17BrN2S. The van der Waals surface area contributed by atoms with Gasteiger partial charge in [0.2, 0.25) is 0 Å². The number of likely N-dealkylation sites (N-methyl/N-ethyl adjacent to an activating group) is 1. The van der Waals surface area contributed by atoms with Gasteiger partial charge in [0.15, 0.2) is 0 Å². The number of aromatic nitrogens is 1. The van der Waals surface area contributed by atoms with E-state index in [-0.39, 0.29) is 0 Å². The van der Waals surface area contributed by atoms with E-state index in [1.807, 2.05) is 0 Å². The summed E-state index contributed by atoms with van der Waals surface area (Å²) in [6.45, 7) is 7.80. The van der Waals surface area contributed by atoms with Crippen molar-refractivity contribution in [2.75, 3.05) is 19.6 Å². The number of halogens is 1. The molecule has 1 heterocycles. The zero-order valence-corrected chi connectivity index (χ0v) is 11.2. The SMILES string of the molecule is CCN(CC)CCc1nc(CBr)cs1. The Morgan fingerprint density at radius 3 is 2.64 bits per heavy atom. The lowest BCUT2D eigenvalue weighted by molar-refractivity contribution is 0.308. The summed E-state index contributed by atoms with van der Waals surface area (Å²) in [5, 5.41) is 4.26. The van der Waals surface area contributed by atoms with Crippen LogP contribution >= 0.6 is 27.3 Å². The number of nitrogens with zero attached hydrogens (tertiary/aromatic N) is 2. The van der Waals surface area contributed by atoms with Crippen LogP contribution in [0.15, 0.2) is 5.38 Å². The summed E-state index contributed by atoms with van der Waals surface area (Å²) in [5.41, 5.74) is 1.16. The first-order valence-corrected chi connectivity index (χ1v) is 7.01. The Balaban J connectivity index is 2.37. The first-order valence-electron chi connectivity index (χ1n) is 5.01. The maximum atomic E-state index is 4.51. The smallest absolute Gasteiger partial charge is 0.0941 e. The number of rotatable bonds is 6. The molecule has 1 rings (SSSR count). The Morgan fingerprint density at radius 2 is 2.14 bits per heavy atom. The third kappa shape index (κ3) is 3.67. The van der Waals surface area contributed by atoms with Crippen molar-refractivity contribution in [3.05, 3.63) is 16.1 Å². The molecule has 0 unspecified atom stereocenters. The van der Waals surface area contributed by atoms with Crippen molar-refractivity contribution < 1.29 is 0 Å². The largest absolute Gasteiger partial charge is 0.303 e. The van der Waals surface area contributed by atoms with Gasteiger partial charge in [-0.1, -0.05) is 29.8 Å². The molecule has 0 radical (unpaired) electrons. The highest BCUT2D eigenvalue weighted by atomic mass is 79.9. The predicted molar refractivity (Wildman–Crippen MR) is 66.2 cm³/mol. The minimum absolute atomic E-state index is 0.870. The summed E-state index contributed by atoms with van der Waals surface area (Å²) in [4.78, 5) is 6.94. The van der Waals surface area contributed by atoms with Crippen LogP contribution in [-0.4, -0.2) is 29.5 Å². The Hall–Kier alpha value is 0.0700. The fraction of sp³-hybridized carbons (Fsp3) is 0.700. The first kappa shape index (κ1) is 12.1. The van der Waals surface area contributed by atoms with Crippen LogP contribution < -0.4 is 0 Å². The first-order chi connectivity index (χ1) is 6.80. The van der Waals surface area contributed by atoms with E-state index in [2.05, 4.69) is 45.0 Å². The van der Waals surface area contributed by atoms with Gasteiger partial charge >= 0.3 is 0 Å². The van der Waals surface area contributed by atoms with Gasteiger partial charge in [-0.05, 0) is 13.1 Å². The number of hydrogen-bond donors (Lipinski definition) is 0. The Labute approximate surface area is 98.5 Å². The Kier molecular flexibility index (Phi) is 5.67. The normalized spacial score (nSPS) is 11.1. The molecule has 1 aromatic rings. The minimum Gasteiger partial charge on any atom is -0.303 e. The van der Waals surface area contributed by atoms with Crippen LogP contribution in [0.4, 0.5) is 0 Å². The van der Waals surface area contributed by atoms with Crippen LogP contribution in [0.1, 0.15) is 24.5 Å². The van der Waals surface area contributed by atoms with Crippen molar-refractivity contribution in [3.63, 3.8) is 0 Å². The molecule has 14 heavy (non-hydrogen) atoms. The second kappa shape index (κ2) is 6.53. The molecule has 0 aromatic carbocycles. The van der Waals surface area contributed by atoms with Gasteiger partial charge in [-0.3, -0.25) is 0 Å². The van der Waals surface area contributed by atoms with Gasteiger partial charge in [-0.2, -0.15) is 0 Å². The molecule has 4 heteroatoms. The minimum atomic E-state index is 0.870. The average molecular weight is 277 g/mol. The van der Waals surface area contributed by atoms with Crippen LogP contribution in [0.25, 0.3) is 0 Å². The van der Waals surface area contributed by atoms with Crippen LogP contribution in [0.3, 0.4) is 0 Å². The van der Waals surface area contributed by atoms with Crippen LogP contribution in [0.5, 0.6) is 0 Å². The van der Waals surface area contributed by atoms with E-state index in [9.17, 15) is 0 Å². The molecule has 0 atom stereocenters. The molecule has 0 aliphatic rings. The molecule has 0 fully saturated rings. The van der Waals surface area contributed by atoms with Crippen molar-refractivity contribution in [2.24, 2.45) is 0 Å². The van der Waals surface area contributed by atoms with Gasteiger partial charge in [0.1, 0.15) is 0 Å². The summed E-state index contributed by atoms with van der Waals surface area (Å²) >= 11 is 5.18. The van der Waals surface area contributed by atoms with Crippen molar-refractivity contribution in [1.82, 2.24) is 9.88 Å². The number of thiazole rings is 1. The molecule has 1 aromatic heterocycles.